The van der Waals surface area contributed by atoms with Gasteiger partial charge in [0.2, 0.25) is 0 Å². The third kappa shape index (κ3) is 0.280. The summed E-state index contributed by atoms with van der Waals surface area (Å²) in [5.41, 5.74) is 0.313. The highest BCUT2D eigenvalue weighted by molar-refractivity contribution is 7.94. The van der Waals surface area contributed by atoms with Crippen LogP contribution in [0.3, 0.4) is 0 Å². The molecule has 0 amide bonds. The number of hydrogen-bond donors (Lipinski definition) is 0. The maximum absolute atomic E-state index is 10.5. The Balaban J connectivity index is 2.25. The molecule has 2 heterocycles. The molecule has 0 unspecified atom stereocenters. The van der Waals surface area contributed by atoms with Crippen molar-refractivity contribution in [2.45, 2.75) is 6.42 Å². The van der Waals surface area contributed by atoms with Crippen molar-refractivity contribution >= 4 is 13.1 Å². The van der Waals surface area contributed by atoms with E-state index in [0.717, 1.165) is 12.6 Å². The lowest BCUT2D eigenvalue weighted by molar-refractivity contribution is -0.112. The lowest BCUT2D eigenvalue weighted by atomic mass is 10.5. The SMILES string of the molecule is O=C1CC[P+]12N=N2. The van der Waals surface area contributed by atoms with Gasteiger partial charge in [-0.25, -0.2) is 4.79 Å². The summed E-state index contributed by atoms with van der Waals surface area (Å²) in [7, 11) is -1.45. The van der Waals surface area contributed by atoms with Gasteiger partial charge in [0.05, 0.1) is 6.42 Å². The summed E-state index contributed by atoms with van der Waals surface area (Å²) in [6.45, 7) is 0. The van der Waals surface area contributed by atoms with Gasteiger partial charge < -0.3 is 0 Å². The Morgan fingerprint density at radius 1 is 1.57 bits per heavy atom. The summed E-state index contributed by atoms with van der Waals surface area (Å²) in [5, 5.41) is 0. The molecule has 7 heavy (non-hydrogen) atoms. The molecule has 2 aliphatic rings. The first-order valence-corrected chi connectivity index (χ1v) is 4.08. The molecule has 0 aliphatic carbocycles. The summed E-state index contributed by atoms with van der Waals surface area (Å²) < 4.78 is 0. The summed E-state index contributed by atoms with van der Waals surface area (Å²) in [6, 6.07) is 0. The van der Waals surface area contributed by atoms with Crippen molar-refractivity contribution in [3.8, 4) is 0 Å². The zero-order chi connectivity index (χ0) is 4.91. The fraction of sp³-hybridized carbons (Fsp3) is 0.667. The molecule has 2 aliphatic heterocycles. The highest BCUT2D eigenvalue weighted by Gasteiger charge is 2.68. The van der Waals surface area contributed by atoms with Gasteiger partial charge in [-0.3, -0.25) is 0 Å². The first kappa shape index (κ1) is 3.67. The number of carbonyl (C=O) groups is 1. The van der Waals surface area contributed by atoms with Crippen LogP contribution in [0.4, 0.5) is 0 Å². The van der Waals surface area contributed by atoms with Crippen molar-refractivity contribution in [2.75, 3.05) is 6.16 Å². The first-order valence-electron chi connectivity index (χ1n) is 2.20. The van der Waals surface area contributed by atoms with E-state index in [-0.39, 0.29) is 0 Å². The van der Waals surface area contributed by atoms with Gasteiger partial charge >= 0.3 is 13.1 Å². The van der Waals surface area contributed by atoms with Crippen LogP contribution < -0.4 is 0 Å². The fourth-order valence-electron chi connectivity index (χ4n) is 0.641. The quantitative estimate of drug-likeness (QED) is 0.437. The van der Waals surface area contributed by atoms with Crippen molar-refractivity contribution in [1.82, 2.24) is 0 Å². The number of nitrogens with zero attached hydrogens (tertiary/aromatic N) is 2. The zero-order valence-corrected chi connectivity index (χ0v) is 4.56. The largest absolute Gasteiger partial charge is 0.373 e. The van der Waals surface area contributed by atoms with Crippen LogP contribution in [0.15, 0.2) is 9.77 Å². The second-order valence-corrected chi connectivity index (χ2v) is 4.54. The zero-order valence-electron chi connectivity index (χ0n) is 3.66. The van der Waals surface area contributed by atoms with E-state index in [1.54, 1.807) is 0 Å². The normalized spacial score (nSPS) is 30.6. The number of rotatable bonds is 0. The minimum atomic E-state index is -1.45. The molecule has 36 valence electrons. The van der Waals surface area contributed by atoms with E-state index in [4.69, 9.17) is 0 Å². The molecule has 4 heteroatoms. The van der Waals surface area contributed by atoms with E-state index in [1.165, 1.54) is 0 Å². The molecule has 1 saturated heterocycles. The van der Waals surface area contributed by atoms with E-state index in [2.05, 4.69) is 9.77 Å². The van der Waals surface area contributed by atoms with E-state index in [1.807, 2.05) is 0 Å². The van der Waals surface area contributed by atoms with Gasteiger partial charge in [0, 0.05) is 9.77 Å². The highest BCUT2D eigenvalue weighted by atomic mass is 31.2. The monoisotopic (exact) mass is 115 g/mol. The molecule has 3 nitrogen and oxygen atoms in total. The second kappa shape index (κ2) is 0.781. The van der Waals surface area contributed by atoms with Crippen LogP contribution in [0.5, 0.6) is 0 Å². The van der Waals surface area contributed by atoms with Crippen LogP contribution in [0.2, 0.25) is 0 Å². The van der Waals surface area contributed by atoms with Gasteiger partial charge in [0.25, 0.3) is 0 Å². The lowest BCUT2D eigenvalue weighted by Crippen LogP contribution is -2.12. The Kier molecular flexibility index (Phi) is 0.409. The Labute approximate surface area is 41.3 Å². The average Bonchev–Trinajstić information content (AvgIpc) is 2.40. The molecule has 0 saturated carbocycles. The van der Waals surface area contributed by atoms with Gasteiger partial charge in [-0.05, 0) is 0 Å². The summed E-state index contributed by atoms with van der Waals surface area (Å²) >= 11 is 0. The van der Waals surface area contributed by atoms with Crippen LogP contribution in [0.25, 0.3) is 0 Å². The van der Waals surface area contributed by atoms with Crippen molar-refractivity contribution in [1.29, 1.82) is 0 Å². The fourth-order valence-corrected chi connectivity index (χ4v) is 2.21. The summed E-state index contributed by atoms with van der Waals surface area (Å²) in [4.78, 5) is 17.9. The Morgan fingerprint density at radius 2 is 2.29 bits per heavy atom. The summed E-state index contributed by atoms with van der Waals surface area (Å²) in [5.74, 6) is 0. The van der Waals surface area contributed by atoms with Crippen LogP contribution in [-0.2, 0) is 4.79 Å². The van der Waals surface area contributed by atoms with Gasteiger partial charge in [-0.15, -0.1) is 0 Å². The van der Waals surface area contributed by atoms with Gasteiger partial charge in [-0.2, -0.15) is 0 Å². The number of hydrogen-bond acceptors (Lipinski definition) is 3. The highest BCUT2D eigenvalue weighted by Crippen LogP contribution is 2.81. The topological polar surface area (TPSA) is 41.8 Å². The molecule has 0 aromatic carbocycles. The molecular formula is C3H4N2OP+. The molecule has 0 aromatic rings. The molecular weight excluding hydrogens is 111 g/mol. The third-order valence-electron chi connectivity index (χ3n) is 1.34. The van der Waals surface area contributed by atoms with Gasteiger partial charge in [0.1, 0.15) is 6.16 Å². The predicted octanol–water partition coefficient (Wildman–Crippen LogP) is 1.23. The van der Waals surface area contributed by atoms with E-state index >= 15 is 0 Å². The van der Waals surface area contributed by atoms with E-state index < -0.39 is 7.56 Å². The average molecular weight is 115 g/mol. The summed E-state index contributed by atoms with van der Waals surface area (Å²) in [6.07, 6.45) is 1.71. The van der Waals surface area contributed by atoms with Crippen molar-refractivity contribution in [2.24, 2.45) is 9.77 Å². The van der Waals surface area contributed by atoms with Crippen LogP contribution in [-0.4, -0.2) is 11.7 Å². The third-order valence-corrected chi connectivity index (χ3v) is 3.82. The lowest BCUT2D eigenvalue weighted by Gasteiger charge is -2.04. The van der Waals surface area contributed by atoms with E-state index in [9.17, 15) is 4.79 Å². The minimum Gasteiger partial charge on any atom is -0.248 e. The van der Waals surface area contributed by atoms with E-state index in [0.29, 0.717) is 5.52 Å². The standard InChI is InChI=1S/C3H4N2OP/c6-3-1-2-7(3)4-5-7/h1-2H2/q+1. The Hall–Kier alpha value is -0.300. The Bertz CT molecular complexity index is 158. The molecule has 0 aromatic heterocycles. The minimum absolute atomic E-state index is 0.313. The Morgan fingerprint density at radius 3 is 2.29 bits per heavy atom. The second-order valence-electron chi connectivity index (χ2n) is 1.78. The van der Waals surface area contributed by atoms with Crippen LogP contribution in [0.1, 0.15) is 6.42 Å². The first-order chi connectivity index (χ1) is 3.33. The van der Waals surface area contributed by atoms with Gasteiger partial charge in [0.15, 0.2) is 0 Å². The maximum Gasteiger partial charge on any atom is 0.373 e. The van der Waals surface area contributed by atoms with Crippen molar-refractivity contribution in [3.63, 3.8) is 0 Å². The van der Waals surface area contributed by atoms with Crippen molar-refractivity contribution < 1.29 is 4.79 Å². The van der Waals surface area contributed by atoms with Crippen LogP contribution in [0, 0.1) is 0 Å². The molecule has 1 fully saturated rings. The molecule has 0 atom stereocenters. The van der Waals surface area contributed by atoms with Gasteiger partial charge in [-0.1, -0.05) is 0 Å². The smallest absolute Gasteiger partial charge is 0.248 e. The molecule has 0 bridgehead atoms. The maximum atomic E-state index is 10.5. The van der Waals surface area contributed by atoms with Crippen molar-refractivity contribution in [3.05, 3.63) is 0 Å². The molecule has 0 N–H and O–H groups in total. The molecule has 1 spiro atoms. The molecule has 0 radical (unpaired) electrons. The number of carbonyl (C=O) groups excluding carboxylic acids is 1. The predicted molar refractivity (Wildman–Crippen MR) is 26.3 cm³/mol. The van der Waals surface area contributed by atoms with Crippen LogP contribution >= 0.6 is 7.56 Å². The molecule has 2 rings (SSSR count).